The van der Waals surface area contributed by atoms with E-state index in [1.165, 1.54) is 19.3 Å². The fourth-order valence-electron chi connectivity index (χ4n) is 2.90. The van der Waals surface area contributed by atoms with Crippen molar-refractivity contribution in [3.05, 3.63) is 6.33 Å². The number of piperidine rings is 1. The summed E-state index contributed by atoms with van der Waals surface area (Å²) in [5, 5.41) is 3.31. The fourth-order valence-corrected chi connectivity index (χ4v) is 2.90. The van der Waals surface area contributed by atoms with Gasteiger partial charge in [-0.05, 0) is 32.1 Å². The van der Waals surface area contributed by atoms with Crippen molar-refractivity contribution in [1.82, 2.24) is 9.97 Å². The third-order valence-corrected chi connectivity index (χ3v) is 4.04. The zero-order valence-electron chi connectivity index (χ0n) is 11.8. The van der Waals surface area contributed by atoms with Crippen LogP contribution in [0.2, 0.25) is 0 Å². The van der Waals surface area contributed by atoms with Gasteiger partial charge in [-0.1, -0.05) is 0 Å². The van der Waals surface area contributed by atoms with Crippen LogP contribution in [0.15, 0.2) is 6.33 Å². The van der Waals surface area contributed by atoms with E-state index < -0.39 is 0 Å². The predicted molar refractivity (Wildman–Crippen MR) is 80.0 cm³/mol. The van der Waals surface area contributed by atoms with E-state index >= 15 is 0 Å². The van der Waals surface area contributed by atoms with E-state index in [0.29, 0.717) is 5.69 Å². The maximum atomic E-state index is 6.23. The molecule has 3 N–H and O–H groups in total. The quantitative estimate of drug-likeness (QED) is 0.871. The van der Waals surface area contributed by atoms with E-state index in [-0.39, 0.29) is 6.10 Å². The lowest BCUT2D eigenvalue weighted by molar-refractivity contribution is 0.120. The molecule has 1 unspecified atom stereocenters. The first-order valence-corrected chi connectivity index (χ1v) is 7.55. The number of rotatable bonds is 4. The molecule has 110 valence electrons. The SMILES string of the molecule is Nc1c(NCC2CCCO2)ncnc1N1CCCCC1. The predicted octanol–water partition coefficient (Wildman–Crippen LogP) is 1.64. The Morgan fingerprint density at radius 3 is 2.85 bits per heavy atom. The average molecular weight is 277 g/mol. The molecule has 0 amide bonds. The number of anilines is 3. The second-order valence-corrected chi connectivity index (χ2v) is 5.52. The standard InChI is InChI=1S/C14H23N5O/c15-12-13(16-9-11-5-4-8-20-11)17-10-18-14(12)19-6-2-1-3-7-19/h10-11H,1-9,15H2,(H,16,17,18). The average Bonchev–Trinajstić information content (AvgIpc) is 3.00. The highest BCUT2D eigenvalue weighted by atomic mass is 16.5. The van der Waals surface area contributed by atoms with E-state index in [9.17, 15) is 0 Å². The van der Waals surface area contributed by atoms with Crippen LogP contribution < -0.4 is 16.0 Å². The lowest BCUT2D eigenvalue weighted by atomic mass is 10.1. The summed E-state index contributed by atoms with van der Waals surface area (Å²) in [7, 11) is 0. The van der Waals surface area contributed by atoms with Gasteiger partial charge >= 0.3 is 0 Å². The summed E-state index contributed by atoms with van der Waals surface area (Å²) in [5.41, 5.74) is 6.89. The Morgan fingerprint density at radius 1 is 1.25 bits per heavy atom. The first-order valence-electron chi connectivity index (χ1n) is 7.55. The summed E-state index contributed by atoms with van der Waals surface area (Å²) >= 11 is 0. The van der Waals surface area contributed by atoms with Crippen LogP contribution in [0.1, 0.15) is 32.1 Å². The minimum atomic E-state index is 0.280. The van der Waals surface area contributed by atoms with Gasteiger partial charge in [0.05, 0.1) is 6.10 Å². The summed E-state index contributed by atoms with van der Waals surface area (Å²) in [6, 6.07) is 0. The molecule has 1 aromatic rings. The largest absolute Gasteiger partial charge is 0.393 e. The molecule has 0 saturated carbocycles. The van der Waals surface area contributed by atoms with Crippen LogP contribution in [0, 0.1) is 0 Å². The Hall–Kier alpha value is -1.56. The second-order valence-electron chi connectivity index (χ2n) is 5.52. The number of nitrogens with one attached hydrogen (secondary N) is 1. The van der Waals surface area contributed by atoms with Gasteiger partial charge in [-0.25, -0.2) is 9.97 Å². The van der Waals surface area contributed by atoms with E-state index in [4.69, 9.17) is 10.5 Å². The van der Waals surface area contributed by atoms with Gasteiger partial charge < -0.3 is 20.7 Å². The lowest BCUT2D eigenvalue weighted by Gasteiger charge is -2.29. The minimum Gasteiger partial charge on any atom is -0.393 e. The van der Waals surface area contributed by atoms with Crippen molar-refractivity contribution < 1.29 is 4.74 Å². The van der Waals surface area contributed by atoms with Crippen LogP contribution in [0.4, 0.5) is 17.3 Å². The van der Waals surface area contributed by atoms with Crippen LogP contribution in [-0.2, 0) is 4.74 Å². The van der Waals surface area contributed by atoms with Gasteiger partial charge in [0, 0.05) is 26.2 Å². The van der Waals surface area contributed by atoms with Crippen LogP contribution in [0.3, 0.4) is 0 Å². The summed E-state index contributed by atoms with van der Waals surface area (Å²) in [6.45, 7) is 3.70. The van der Waals surface area contributed by atoms with Crippen LogP contribution in [0.25, 0.3) is 0 Å². The molecule has 2 aliphatic heterocycles. The maximum Gasteiger partial charge on any atom is 0.157 e. The van der Waals surface area contributed by atoms with Gasteiger partial charge in [-0.15, -0.1) is 0 Å². The Labute approximate surface area is 119 Å². The topological polar surface area (TPSA) is 76.3 Å². The molecule has 3 rings (SSSR count). The smallest absolute Gasteiger partial charge is 0.157 e. The second kappa shape index (κ2) is 6.26. The minimum absolute atomic E-state index is 0.280. The van der Waals surface area contributed by atoms with Crippen LogP contribution in [-0.4, -0.2) is 42.3 Å². The van der Waals surface area contributed by atoms with Gasteiger partial charge in [0.25, 0.3) is 0 Å². The summed E-state index contributed by atoms with van der Waals surface area (Å²) in [6.07, 6.45) is 7.85. The number of nitrogens with two attached hydrogens (primary N) is 1. The molecule has 6 heteroatoms. The van der Waals surface area contributed by atoms with Crippen molar-refractivity contribution in [2.75, 3.05) is 42.2 Å². The lowest BCUT2D eigenvalue weighted by Crippen LogP contribution is -2.31. The zero-order valence-corrected chi connectivity index (χ0v) is 11.8. The molecular weight excluding hydrogens is 254 g/mol. The molecule has 20 heavy (non-hydrogen) atoms. The zero-order chi connectivity index (χ0) is 13.8. The molecule has 0 aromatic carbocycles. The van der Waals surface area contributed by atoms with E-state index in [2.05, 4.69) is 20.2 Å². The van der Waals surface area contributed by atoms with Crippen LogP contribution >= 0.6 is 0 Å². The normalized spacial score (nSPS) is 23.0. The summed E-state index contributed by atoms with van der Waals surface area (Å²) < 4.78 is 5.60. The fraction of sp³-hybridized carbons (Fsp3) is 0.714. The molecule has 0 aliphatic carbocycles. The Kier molecular flexibility index (Phi) is 4.20. The van der Waals surface area contributed by atoms with E-state index in [1.807, 2.05) is 0 Å². The van der Waals surface area contributed by atoms with Crippen LogP contribution in [0.5, 0.6) is 0 Å². The Bertz CT molecular complexity index is 441. The molecule has 1 aromatic heterocycles. The third kappa shape index (κ3) is 2.95. The molecule has 2 aliphatic rings. The highest BCUT2D eigenvalue weighted by Crippen LogP contribution is 2.28. The maximum absolute atomic E-state index is 6.23. The van der Waals surface area contributed by atoms with Crippen molar-refractivity contribution in [3.63, 3.8) is 0 Å². The molecule has 2 fully saturated rings. The molecule has 2 saturated heterocycles. The summed E-state index contributed by atoms with van der Waals surface area (Å²) in [5.74, 6) is 1.60. The highest BCUT2D eigenvalue weighted by molar-refractivity contribution is 5.74. The number of aromatic nitrogens is 2. The number of ether oxygens (including phenoxy) is 1. The van der Waals surface area contributed by atoms with Gasteiger partial charge in [0.1, 0.15) is 12.0 Å². The van der Waals surface area contributed by atoms with E-state index in [1.54, 1.807) is 6.33 Å². The van der Waals surface area contributed by atoms with Crippen molar-refractivity contribution in [3.8, 4) is 0 Å². The third-order valence-electron chi connectivity index (χ3n) is 4.04. The number of hydrogen-bond donors (Lipinski definition) is 2. The summed E-state index contributed by atoms with van der Waals surface area (Å²) in [4.78, 5) is 10.9. The molecule has 3 heterocycles. The van der Waals surface area contributed by atoms with Crippen molar-refractivity contribution in [2.45, 2.75) is 38.2 Å². The first-order chi connectivity index (χ1) is 9.84. The van der Waals surface area contributed by atoms with Crippen molar-refractivity contribution >= 4 is 17.3 Å². The highest BCUT2D eigenvalue weighted by Gasteiger charge is 2.19. The van der Waals surface area contributed by atoms with Gasteiger partial charge in [0.2, 0.25) is 0 Å². The van der Waals surface area contributed by atoms with Crippen molar-refractivity contribution in [2.24, 2.45) is 0 Å². The van der Waals surface area contributed by atoms with Gasteiger partial charge in [-0.3, -0.25) is 0 Å². The Morgan fingerprint density at radius 2 is 2.10 bits per heavy atom. The number of nitrogen functional groups attached to an aromatic ring is 1. The van der Waals surface area contributed by atoms with Gasteiger partial charge in [-0.2, -0.15) is 0 Å². The van der Waals surface area contributed by atoms with E-state index in [0.717, 1.165) is 50.7 Å². The molecule has 0 radical (unpaired) electrons. The number of nitrogens with zero attached hydrogens (tertiary/aromatic N) is 3. The molecule has 0 spiro atoms. The number of hydrogen-bond acceptors (Lipinski definition) is 6. The monoisotopic (exact) mass is 277 g/mol. The Balaban J connectivity index is 1.67. The first kappa shape index (κ1) is 13.4. The molecule has 0 bridgehead atoms. The van der Waals surface area contributed by atoms with Gasteiger partial charge in [0.15, 0.2) is 11.6 Å². The molecule has 1 atom stereocenters. The molecule has 6 nitrogen and oxygen atoms in total. The van der Waals surface area contributed by atoms with Crippen molar-refractivity contribution in [1.29, 1.82) is 0 Å². The molecular formula is C14H23N5O.